The van der Waals surface area contributed by atoms with E-state index in [1.54, 1.807) is 6.20 Å². The molecule has 2 aliphatic rings. The molecule has 4 N–H and O–H groups in total. The molecule has 0 unspecified atom stereocenters. The Morgan fingerprint density at radius 3 is 2.60 bits per heavy atom. The fraction of sp³-hybridized carbons (Fsp3) is 0.400. The number of halogens is 3. The molecule has 0 spiro atoms. The molecule has 2 aromatic carbocycles. The number of piperidine rings is 1. The molecule has 6 rings (SSSR count). The lowest BCUT2D eigenvalue weighted by Crippen LogP contribution is -2.41. The van der Waals surface area contributed by atoms with Crippen LogP contribution in [0.1, 0.15) is 50.1 Å². The molecule has 9 nitrogen and oxygen atoms in total. The maximum Gasteiger partial charge on any atom is 0.225 e. The van der Waals surface area contributed by atoms with Gasteiger partial charge in [0.25, 0.3) is 0 Å². The number of anilines is 3. The van der Waals surface area contributed by atoms with Gasteiger partial charge in [0.15, 0.2) is 5.65 Å². The molecular weight excluding hydrogens is 578 g/mol. The number of nitrogens with zero attached hydrogens (tertiary/aromatic N) is 5. The van der Waals surface area contributed by atoms with E-state index < -0.39 is 5.82 Å². The van der Waals surface area contributed by atoms with Gasteiger partial charge in [0.05, 0.1) is 16.9 Å². The third kappa shape index (κ3) is 6.30. The first-order chi connectivity index (χ1) is 20.3. The molecule has 1 saturated heterocycles. The van der Waals surface area contributed by atoms with Crippen molar-refractivity contribution >= 4 is 57.9 Å². The molecule has 1 aliphatic heterocycles. The van der Waals surface area contributed by atoms with Crippen molar-refractivity contribution in [2.24, 2.45) is 11.7 Å². The molecular formula is C30H33Cl2FN8O. The van der Waals surface area contributed by atoms with Gasteiger partial charge in [-0.05, 0) is 62.8 Å². The highest BCUT2D eigenvalue weighted by Crippen LogP contribution is 2.38. The smallest absolute Gasteiger partial charge is 0.225 e. The summed E-state index contributed by atoms with van der Waals surface area (Å²) >= 11 is 12.3. The molecule has 1 amide bonds. The van der Waals surface area contributed by atoms with Gasteiger partial charge in [-0.25, -0.2) is 14.4 Å². The summed E-state index contributed by atoms with van der Waals surface area (Å²) in [6.45, 7) is 2.83. The zero-order chi connectivity index (χ0) is 29.2. The number of rotatable bonds is 8. The first kappa shape index (κ1) is 28.6. The summed E-state index contributed by atoms with van der Waals surface area (Å²) in [4.78, 5) is 28.5. The molecule has 0 radical (unpaired) electrons. The number of aromatic nitrogens is 4. The van der Waals surface area contributed by atoms with Crippen molar-refractivity contribution in [1.82, 2.24) is 24.4 Å². The van der Waals surface area contributed by atoms with Gasteiger partial charge in [0.2, 0.25) is 17.8 Å². The Bertz CT molecular complexity index is 1550. The lowest BCUT2D eigenvalue weighted by Gasteiger charge is -2.33. The molecule has 4 aromatic rings. The Morgan fingerprint density at radius 1 is 1.07 bits per heavy atom. The molecule has 2 fully saturated rings. The summed E-state index contributed by atoms with van der Waals surface area (Å²) in [5.41, 5.74) is 8.16. The van der Waals surface area contributed by atoms with Crippen LogP contribution in [0.4, 0.5) is 22.0 Å². The lowest BCUT2D eigenvalue weighted by atomic mass is 9.85. The van der Waals surface area contributed by atoms with Crippen molar-refractivity contribution in [1.29, 1.82) is 0 Å². The number of primary amides is 1. The number of hydrogen-bond donors (Lipinski definition) is 3. The van der Waals surface area contributed by atoms with Gasteiger partial charge in [-0.15, -0.1) is 0 Å². The van der Waals surface area contributed by atoms with Crippen LogP contribution in [-0.4, -0.2) is 49.5 Å². The predicted octanol–water partition coefficient (Wildman–Crippen LogP) is 6.31. The van der Waals surface area contributed by atoms with Crippen molar-refractivity contribution in [3.8, 4) is 0 Å². The van der Waals surface area contributed by atoms with E-state index in [0.29, 0.717) is 48.7 Å². The second-order valence-corrected chi connectivity index (χ2v) is 12.0. The molecule has 0 bridgehead atoms. The Labute approximate surface area is 253 Å². The highest BCUT2D eigenvalue weighted by atomic mass is 35.5. The predicted molar refractivity (Wildman–Crippen MR) is 164 cm³/mol. The zero-order valence-corrected chi connectivity index (χ0v) is 24.6. The van der Waals surface area contributed by atoms with Crippen LogP contribution in [0, 0.1) is 11.7 Å². The number of nitrogens with two attached hydrogens (primary N) is 1. The van der Waals surface area contributed by atoms with Crippen molar-refractivity contribution < 1.29 is 9.18 Å². The topological polar surface area (TPSA) is 114 Å². The van der Waals surface area contributed by atoms with Gasteiger partial charge < -0.3 is 16.4 Å². The molecule has 1 saturated carbocycles. The van der Waals surface area contributed by atoms with Crippen molar-refractivity contribution in [2.45, 2.75) is 57.2 Å². The van der Waals surface area contributed by atoms with E-state index in [1.165, 1.54) is 17.7 Å². The van der Waals surface area contributed by atoms with Crippen LogP contribution in [-0.2, 0) is 11.3 Å². The third-order valence-electron chi connectivity index (χ3n) is 8.23. The van der Waals surface area contributed by atoms with E-state index >= 15 is 0 Å². The van der Waals surface area contributed by atoms with Gasteiger partial charge in [-0.1, -0.05) is 53.5 Å². The first-order valence-corrected chi connectivity index (χ1v) is 15.1. The average molecular weight is 612 g/mol. The monoisotopic (exact) mass is 610 g/mol. The summed E-state index contributed by atoms with van der Waals surface area (Å²) in [6.07, 6.45) is 6.50. The normalized spacial score (nSPS) is 21.4. The van der Waals surface area contributed by atoms with Crippen LogP contribution in [0.25, 0.3) is 11.2 Å². The molecule has 12 heteroatoms. The quantitative estimate of drug-likeness (QED) is 0.214. The fourth-order valence-electron chi connectivity index (χ4n) is 6.13. The minimum Gasteiger partial charge on any atom is -0.369 e. The Kier molecular flexibility index (Phi) is 8.46. The number of carbonyl (C=O) groups excluding carboxylic acids is 1. The van der Waals surface area contributed by atoms with Crippen molar-refractivity contribution in [3.63, 3.8) is 0 Å². The number of fused-ring (bicyclic) bond motifs is 1. The van der Waals surface area contributed by atoms with Crippen LogP contribution in [0.3, 0.4) is 0 Å². The largest absolute Gasteiger partial charge is 0.369 e. The van der Waals surface area contributed by atoms with Crippen LogP contribution >= 0.6 is 23.2 Å². The molecule has 1 aliphatic carbocycles. The molecule has 42 heavy (non-hydrogen) atoms. The van der Waals surface area contributed by atoms with Crippen molar-refractivity contribution in [2.75, 3.05) is 23.7 Å². The second-order valence-electron chi connectivity index (χ2n) is 11.2. The van der Waals surface area contributed by atoms with E-state index in [0.717, 1.165) is 32.5 Å². The van der Waals surface area contributed by atoms with Crippen LogP contribution in [0.15, 0.2) is 48.7 Å². The minimum atomic E-state index is -0.589. The lowest BCUT2D eigenvalue weighted by molar-refractivity contribution is -0.122. The number of amides is 1. The molecule has 3 heterocycles. The van der Waals surface area contributed by atoms with Gasteiger partial charge >= 0.3 is 0 Å². The van der Waals surface area contributed by atoms with E-state index in [2.05, 4.69) is 44.8 Å². The molecule has 1 atom stereocenters. The standard InChI is InChI=1S/C30H33Cl2FN8O/c31-20-13-23(32)26(24(33)14-20)38-30-37-25-15-35-29(39-28(25)41(30)22-10-8-19(9-11-22)27(34)42)36-21-7-4-12-40(17-21)16-18-5-2-1-3-6-18/h1-3,5-6,13-15,19,21-22H,4,7-12,16-17H2,(H2,34,42)(H,37,38)(H,35,36,39)/t19-,21-,22+/m1/s1. The number of carbonyl (C=O) groups is 1. The minimum absolute atomic E-state index is 0.0268. The maximum absolute atomic E-state index is 14.9. The van der Waals surface area contributed by atoms with Gasteiger partial charge in [0.1, 0.15) is 11.3 Å². The maximum atomic E-state index is 14.9. The Morgan fingerprint density at radius 2 is 1.86 bits per heavy atom. The molecule has 2 aromatic heterocycles. The number of nitrogens with one attached hydrogen (secondary N) is 2. The summed E-state index contributed by atoms with van der Waals surface area (Å²) in [7, 11) is 0. The zero-order valence-electron chi connectivity index (χ0n) is 23.1. The number of benzene rings is 2. The van der Waals surface area contributed by atoms with E-state index in [1.807, 2.05) is 10.6 Å². The van der Waals surface area contributed by atoms with E-state index in [4.69, 9.17) is 38.9 Å². The van der Waals surface area contributed by atoms with Crippen LogP contribution < -0.4 is 16.4 Å². The average Bonchev–Trinajstić information content (AvgIpc) is 3.33. The van der Waals surface area contributed by atoms with Crippen LogP contribution in [0.2, 0.25) is 10.0 Å². The van der Waals surface area contributed by atoms with Gasteiger partial charge in [-0.2, -0.15) is 4.98 Å². The number of hydrogen-bond acceptors (Lipinski definition) is 7. The summed E-state index contributed by atoms with van der Waals surface area (Å²) in [5.74, 6) is -0.112. The Hall–Kier alpha value is -3.47. The second kappa shape index (κ2) is 12.4. The van der Waals surface area contributed by atoms with Gasteiger partial charge in [-0.3, -0.25) is 14.3 Å². The van der Waals surface area contributed by atoms with Gasteiger partial charge in [0, 0.05) is 36.1 Å². The first-order valence-electron chi connectivity index (χ1n) is 14.3. The van der Waals surface area contributed by atoms with Crippen LogP contribution in [0.5, 0.6) is 0 Å². The SMILES string of the molecule is NC(=O)[C@H]1CC[C@@H](n2c(Nc3c(F)cc(Cl)cc3Cl)nc3cnc(N[C@@H]4CCCN(Cc5ccccc5)C4)nc32)CC1. The number of likely N-dealkylation sites (tertiary alicyclic amines) is 1. The highest BCUT2D eigenvalue weighted by Gasteiger charge is 2.30. The van der Waals surface area contributed by atoms with Crippen molar-refractivity contribution in [3.05, 3.63) is 70.1 Å². The summed E-state index contributed by atoms with van der Waals surface area (Å²) in [5, 5.41) is 6.97. The summed E-state index contributed by atoms with van der Waals surface area (Å²) < 4.78 is 16.9. The molecule has 220 valence electrons. The summed E-state index contributed by atoms with van der Waals surface area (Å²) in [6, 6.07) is 13.3. The Balaban J connectivity index is 1.28. The number of imidazole rings is 1. The third-order valence-corrected chi connectivity index (χ3v) is 8.74. The van der Waals surface area contributed by atoms with E-state index in [-0.39, 0.29) is 39.6 Å². The van der Waals surface area contributed by atoms with E-state index in [9.17, 15) is 9.18 Å². The highest BCUT2D eigenvalue weighted by molar-refractivity contribution is 6.36. The fourth-order valence-corrected chi connectivity index (χ4v) is 6.64.